The van der Waals surface area contributed by atoms with Crippen molar-refractivity contribution in [3.8, 4) is 0 Å². The lowest BCUT2D eigenvalue weighted by Crippen LogP contribution is -2.54. The Morgan fingerprint density at radius 1 is 0.778 bits per heavy atom. The van der Waals surface area contributed by atoms with E-state index in [0.717, 1.165) is 21.0 Å². The molecular formula is C35H37Cl2N3O4S. The molecule has 0 bridgehead atoms. The fourth-order valence-corrected chi connectivity index (χ4v) is 6.65. The van der Waals surface area contributed by atoms with Crippen molar-refractivity contribution in [1.82, 2.24) is 10.2 Å². The number of carbonyl (C=O) groups is 2. The molecular weight excluding hydrogens is 629 g/mol. The average molecular weight is 667 g/mol. The van der Waals surface area contributed by atoms with Crippen LogP contribution in [0.4, 0.5) is 5.69 Å². The molecule has 4 rings (SSSR count). The predicted octanol–water partition coefficient (Wildman–Crippen LogP) is 6.97. The number of rotatable bonds is 12. The van der Waals surface area contributed by atoms with Crippen molar-refractivity contribution in [1.29, 1.82) is 0 Å². The summed E-state index contributed by atoms with van der Waals surface area (Å²) in [5.41, 5.74) is 3.68. The van der Waals surface area contributed by atoms with Gasteiger partial charge in [-0.3, -0.25) is 13.9 Å². The molecule has 0 saturated carbocycles. The largest absolute Gasteiger partial charge is 0.352 e. The van der Waals surface area contributed by atoms with Gasteiger partial charge in [0.25, 0.3) is 10.0 Å². The summed E-state index contributed by atoms with van der Waals surface area (Å²) in [5.74, 6) is -0.912. The Labute approximate surface area is 275 Å². The molecule has 236 valence electrons. The van der Waals surface area contributed by atoms with Crippen LogP contribution in [0.2, 0.25) is 10.0 Å². The number of halogens is 2. The van der Waals surface area contributed by atoms with Crippen LogP contribution in [0.25, 0.3) is 0 Å². The second-order valence-corrected chi connectivity index (χ2v) is 13.9. The van der Waals surface area contributed by atoms with E-state index >= 15 is 0 Å². The molecule has 4 aromatic carbocycles. The number of benzene rings is 4. The maximum atomic E-state index is 14.5. The van der Waals surface area contributed by atoms with Gasteiger partial charge in [-0.2, -0.15) is 0 Å². The molecule has 2 amide bonds. The number of sulfonamides is 1. The topological polar surface area (TPSA) is 86.8 Å². The number of amides is 2. The first-order valence-electron chi connectivity index (χ1n) is 14.6. The molecule has 1 atom stereocenters. The lowest BCUT2D eigenvalue weighted by Gasteiger charge is -2.34. The molecule has 0 spiro atoms. The highest BCUT2D eigenvalue weighted by Crippen LogP contribution is 2.28. The highest BCUT2D eigenvalue weighted by molar-refractivity contribution is 7.92. The molecule has 1 N–H and O–H groups in total. The first-order chi connectivity index (χ1) is 21.4. The molecule has 0 aliphatic rings. The van der Waals surface area contributed by atoms with Crippen molar-refractivity contribution >= 4 is 50.7 Å². The number of nitrogens with one attached hydrogen (secondary N) is 1. The van der Waals surface area contributed by atoms with Crippen molar-refractivity contribution in [3.05, 3.63) is 129 Å². The summed E-state index contributed by atoms with van der Waals surface area (Å²) >= 11 is 12.5. The van der Waals surface area contributed by atoms with E-state index in [2.05, 4.69) is 5.32 Å². The number of hydrogen-bond acceptors (Lipinski definition) is 4. The molecule has 0 fully saturated rings. The number of hydrogen-bond donors (Lipinski definition) is 1. The van der Waals surface area contributed by atoms with Crippen LogP contribution in [0.1, 0.15) is 36.1 Å². The monoisotopic (exact) mass is 665 g/mol. The van der Waals surface area contributed by atoms with Gasteiger partial charge in [0.15, 0.2) is 0 Å². The van der Waals surface area contributed by atoms with Crippen molar-refractivity contribution in [2.24, 2.45) is 0 Å². The van der Waals surface area contributed by atoms with Crippen LogP contribution in [0.5, 0.6) is 0 Å². The number of carbonyl (C=O) groups excluding carboxylic acids is 2. The maximum Gasteiger partial charge on any atom is 0.264 e. The molecule has 0 radical (unpaired) electrons. The number of nitrogens with zero attached hydrogens (tertiary/aromatic N) is 2. The Balaban J connectivity index is 1.83. The summed E-state index contributed by atoms with van der Waals surface area (Å²) in [7, 11) is -4.17. The van der Waals surface area contributed by atoms with Gasteiger partial charge in [-0.1, -0.05) is 83.9 Å². The molecule has 0 aliphatic carbocycles. The van der Waals surface area contributed by atoms with Crippen molar-refractivity contribution in [2.45, 2.75) is 57.6 Å². The smallest absolute Gasteiger partial charge is 0.264 e. The number of aryl methyl sites for hydroxylation is 2. The number of anilines is 1. The predicted molar refractivity (Wildman–Crippen MR) is 181 cm³/mol. The Bertz CT molecular complexity index is 1750. The van der Waals surface area contributed by atoms with Crippen LogP contribution in [0.15, 0.2) is 102 Å². The summed E-state index contributed by atoms with van der Waals surface area (Å²) in [6.07, 6.45) is 0.210. The fourth-order valence-electron chi connectivity index (χ4n) is 4.90. The minimum atomic E-state index is -4.17. The van der Waals surface area contributed by atoms with Gasteiger partial charge in [-0.05, 0) is 86.3 Å². The third kappa shape index (κ3) is 8.66. The highest BCUT2D eigenvalue weighted by Gasteiger charge is 2.35. The van der Waals surface area contributed by atoms with E-state index in [1.165, 1.54) is 17.0 Å². The Morgan fingerprint density at radius 2 is 1.42 bits per heavy atom. The Hall–Kier alpha value is -3.85. The van der Waals surface area contributed by atoms with Gasteiger partial charge in [0.05, 0.1) is 20.6 Å². The van der Waals surface area contributed by atoms with Gasteiger partial charge in [0.1, 0.15) is 12.6 Å². The average Bonchev–Trinajstić information content (AvgIpc) is 3.01. The molecule has 7 nitrogen and oxygen atoms in total. The minimum Gasteiger partial charge on any atom is -0.352 e. The summed E-state index contributed by atoms with van der Waals surface area (Å²) in [4.78, 5) is 29.8. The summed E-state index contributed by atoms with van der Waals surface area (Å²) in [6, 6.07) is 26.5. The zero-order valence-corrected chi connectivity index (χ0v) is 28.0. The van der Waals surface area contributed by atoms with Crippen molar-refractivity contribution in [3.63, 3.8) is 0 Å². The van der Waals surface area contributed by atoms with Gasteiger partial charge in [0.2, 0.25) is 11.8 Å². The molecule has 0 aromatic heterocycles. The summed E-state index contributed by atoms with van der Waals surface area (Å²) in [5, 5.41) is 3.60. The minimum absolute atomic E-state index is 0.00904. The van der Waals surface area contributed by atoms with Gasteiger partial charge >= 0.3 is 0 Å². The van der Waals surface area contributed by atoms with Crippen LogP contribution in [0.3, 0.4) is 0 Å². The first-order valence-corrected chi connectivity index (χ1v) is 16.8. The molecule has 4 aromatic rings. The van der Waals surface area contributed by atoms with Crippen molar-refractivity contribution < 1.29 is 18.0 Å². The van der Waals surface area contributed by atoms with Crippen LogP contribution in [0, 0.1) is 13.8 Å². The van der Waals surface area contributed by atoms with Crippen LogP contribution in [-0.4, -0.2) is 43.8 Å². The summed E-state index contributed by atoms with van der Waals surface area (Å²) in [6.45, 7) is 6.96. The zero-order valence-electron chi connectivity index (χ0n) is 25.7. The lowest BCUT2D eigenvalue weighted by molar-refractivity contribution is -0.140. The third-order valence-corrected chi connectivity index (χ3v) is 9.95. The second kappa shape index (κ2) is 15.0. The van der Waals surface area contributed by atoms with Crippen molar-refractivity contribution in [2.75, 3.05) is 10.8 Å². The molecule has 45 heavy (non-hydrogen) atoms. The van der Waals surface area contributed by atoms with Gasteiger partial charge in [-0.15, -0.1) is 0 Å². The molecule has 0 heterocycles. The SMILES string of the molecule is Cc1ccc(N(CC(=O)N(Cc2ccc(Cl)c(Cl)c2)[C@@H](Cc2ccccc2)C(=O)NC(C)C)S(=O)(=O)c2ccccc2)cc1C. The zero-order chi connectivity index (χ0) is 32.7. The third-order valence-electron chi connectivity index (χ3n) is 7.43. The first kappa shape index (κ1) is 34.0. The van der Waals surface area contributed by atoms with Crippen LogP contribution >= 0.6 is 23.2 Å². The molecule has 0 unspecified atom stereocenters. The van der Waals surface area contributed by atoms with E-state index in [4.69, 9.17) is 23.2 Å². The van der Waals surface area contributed by atoms with E-state index in [-0.39, 0.29) is 29.8 Å². The van der Waals surface area contributed by atoms with E-state index < -0.39 is 28.5 Å². The highest BCUT2D eigenvalue weighted by atomic mass is 35.5. The maximum absolute atomic E-state index is 14.5. The molecule has 0 aliphatic heterocycles. The Morgan fingerprint density at radius 3 is 2.02 bits per heavy atom. The molecule has 0 saturated heterocycles. The van der Waals surface area contributed by atoms with Gasteiger partial charge < -0.3 is 10.2 Å². The van der Waals surface area contributed by atoms with E-state index in [1.54, 1.807) is 48.5 Å². The normalized spacial score (nSPS) is 12.1. The Kier molecular flexibility index (Phi) is 11.3. The molecule has 10 heteroatoms. The quantitative estimate of drug-likeness (QED) is 0.177. The summed E-state index contributed by atoms with van der Waals surface area (Å²) < 4.78 is 29.3. The van der Waals surface area contributed by atoms with E-state index in [9.17, 15) is 18.0 Å². The van der Waals surface area contributed by atoms with Gasteiger partial charge in [-0.25, -0.2) is 8.42 Å². The lowest BCUT2D eigenvalue weighted by atomic mass is 10.0. The van der Waals surface area contributed by atoms with E-state index in [1.807, 2.05) is 64.1 Å². The second-order valence-electron chi connectivity index (χ2n) is 11.2. The van der Waals surface area contributed by atoms with Crippen LogP contribution in [-0.2, 0) is 32.6 Å². The van der Waals surface area contributed by atoms with Gasteiger partial charge in [0, 0.05) is 19.0 Å². The standard InChI is InChI=1S/C35H37Cl2N3O4S/c1-24(2)38-35(42)33(21-27-11-7-5-8-12-27)39(22-28-16-18-31(36)32(37)20-28)34(41)23-40(29-17-15-25(3)26(4)19-29)45(43,44)30-13-9-6-10-14-30/h5-20,24,33H,21-23H2,1-4H3,(H,38,42)/t33-/m0/s1. The van der Waals surface area contributed by atoms with Crippen LogP contribution < -0.4 is 9.62 Å². The fraction of sp³-hybridized carbons (Fsp3) is 0.257. The van der Waals surface area contributed by atoms with E-state index in [0.29, 0.717) is 21.3 Å².